The zero-order chi connectivity index (χ0) is 25.8. The fourth-order valence-electron chi connectivity index (χ4n) is 4.37. The molecule has 2 heterocycles. The molecule has 10 nitrogen and oxygen atoms in total. The van der Waals surface area contributed by atoms with Crippen LogP contribution in [0.5, 0.6) is 0 Å². The molecule has 2 fully saturated rings. The van der Waals surface area contributed by atoms with Crippen LogP contribution in [0.3, 0.4) is 0 Å². The van der Waals surface area contributed by atoms with E-state index in [-0.39, 0.29) is 31.4 Å². The number of carbonyl (C=O) groups excluding carboxylic acids is 4. The number of halogens is 2. The number of alkyl carbamates (subject to hydrolysis) is 1. The second kappa shape index (κ2) is 10.9. The van der Waals surface area contributed by atoms with Gasteiger partial charge in [0, 0.05) is 50.4 Å². The number of urea groups is 1. The summed E-state index contributed by atoms with van der Waals surface area (Å²) in [5, 5.41) is 7.39. The number of ether oxygens (including phenoxy) is 1. The first-order chi connectivity index (χ1) is 16.5. The van der Waals surface area contributed by atoms with Crippen LogP contribution in [-0.2, 0) is 14.3 Å². The molecule has 3 N–H and O–H groups in total. The number of benzene rings is 1. The van der Waals surface area contributed by atoms with Crippen molar-refractivity contribution >= 4 is 29.6 Å². The third-order valence-electron chi connectivity index (χ3n) is 6.11. The molecule has 2 atom stereocenters. The lowest BCUT2D eigenvalue weighted by molar-refractivity contribution is -0.136. The van der Waals surface area contributed by atoms with Gasteiger partial charge in [-0.1, -0.05) is 6.92 Å². The van der Waals surface area contributed by atoms with Crippen LogP contribution in [0.2, 0.25) is 0 Å². The molecular formula is C23H31F2N5O5. The summed E-state index contributed by atoms with van der Waals surface area (Å²) in [5.41, 5.74) is -0.804. The first-order valence-electron chi connectivity index (χ1n) is 11.6. The number of imide groups is 1. The van der Waals surface area contributed by atoms with Crippen molar-refractivity contribution in [1.29, 1.82) is 0 Å². The number of hydrogen-bond donors (Lipinski definition) is 3. The normalized spacial score (nSPS) is 21.0. The van der Waals surface area contributed by atoms with Crippen molar-refractivity contribution in [2.45, 2.75) is 45.3 Å². The number of anilines is 1. The Bertz CT molecular complexity index is 983. The van der Waals surface area contributed by atoms with Gasteiger partial charge in [0.05, 0.1) is 6.10 Å². The predicted molar refractivity (Wildman–Crippen MR) is 123 cm³/mol. The average molecular weight is 496 g/mol. The zero-order valence-electron chi connectivity index (χ0n) is 20.0. The SMILES string of the molecule is CC(C)OC(=O)NCC[C@@]1(C[C@@H](C)C(=O)N2CCN(c3ccc(F)c(F)c3)CC2)NC(=O)NC1=O. The summed E-state index contributed by atoms with van der Waals surface area (Å²) in [4.78, 5) is 52.9. The van der Waals surface area contributed by atoms with E-state index in [0.29, 0.717) is 31.9 Å². The summed E-state index contributed by atoms with van der Waals surface area (Å²) >= 11 is 0. The first-order valence-corrected chi connectivity index (χ1v) is 11.6. The maximum atomic E-state index is 13.6. The molecule has 0 unspecified atom stereocenters. The van der Waals surface area contributed by atoms with Crippen LogP contribution >= 0.6 is 0 Å². The van der Waals surface area contributed by atoms with Crippen molar-refractivity contribution < 1.29 is 32.7 Å². The van der Waals surface area contributed by atoms with Crippen LogP contribution in [0.4, 0.5) is 24.1 Å². The Morgan fingerprint density at radius 3 is 2.37 bits per heavy atom. The Labute approximate surface area is 202 Å². The lowest BCUT2D eigenvalue weighted by Crippen LogP contribution is -2.54. The Hall–Kier alpha value is -3.44. The fourth-order valence-corrected chi connectivity index (χ4v) is 4.37. The third-order valence-corrected chi connectivity index (χ3v) is 6.11. The summed E-state index contributed by atoms with van der Waals surface area (Å²) in [5.74, 6) is -3.18. The highest BCUT2D eigenvalue weighted by atomic mass is 19.2. The Kier molecular flexibility index (Phi) is 8.13. The summed E-state index contributed by atoms with van der Waals surface area (Å²) in [7, 11) is 0. The van der Waals surface area contributed by atoms with E-state index in [4.69, 9.17) is 4.74 Å². The van der Waals surface area contributed by atoms with Crippen LogP contribution in [0.15, 0.2) is 18.2 Å². The van der Waals surface area contributed by atoms with Crippen LogP contribution in [0.1, 0.15) is 33.6 Å². The topological polar surface area (TPSA) is 120 Å². The molecule has 35 heavy (non-hydrogen) atoms. The molecule has 192 valence electrons. The largest absolute Gasteiger partial charge is 0.447 e. The first kappa shape index (κ1) is 26.2. The summed E-state index contributed by atoms with van der Waals surface area (Å²) in [6, 6.07) is 3.04. The van der Waals surface area contributed by atoms with Crippen LogP contribution in [0.25, 0.3) is 0 Å². The number of rotatable bonds is 8. The number of nitrogens with one attached hydrogen (secondary N) is 3. The van der Waals surface area contributed by atoms with Crippen molar-refractivity contribution in [3.8, 4) is 0 Å². The van der Waals surface area contributed by atoms with E-state index in [0.717, 1.165) is 12.1 Å². The van der Waals surface area contributed by atoms with Crippen molar-refractivity contribution in [2.75, 3.05) is 37.6 Å². The highest BCUT2D eigenvalue weighted by molar-refractivity contribution is 6.07. The van der Waals surface area contributed by atoms with Crippen LogP contribution in [0, 0.1) is 17.6 Å². The number of amides is 5. The number of piperazine rings is 1. The third kappa shape index (κ3) is 6.37. The van der Waals surface area contributed by atoms with E-state index >= 15 is 0 Å². The standard InChI is InChI=1S/C23H31F2N5O5/c1-14(2)35-22(34)26-7-6-23(20(32)27-21(33)28-23)13-15(3)19(31)30-10-8-29(9-11-30)16-4-5-17(24)18(25)12-16/h4-5,12,14-15H,6-11,13H2,1-3H3,(H,26,34)(H2,27,28,32,33)/t15-,23+/m1/s1. The van der Waals surface area contributed by atoms with E-state index in [1.165, 1.54) is 6.07 Å². The molecule has 0 saturated carbocycles. The molecule has 12 heteroatoms. The van der Waals surface area contributed by atoms with E-state index in [2.05, 4.69) is 16.0 Å². The van der Waals surface area contributed by atoms with Crippen molar-refractivity contribution in [3.05, 3.63) is 29.8 Å². The van der Waals surface area contributed by atoms with Gasteiger partial charge in [-0.05, 0) is 38.8 Å². The van der Waals surface area contributed by atoms with Gasteiger partial charge >= 0.3 is 12.1 Å². The monoisotopic (exact) mass is 495 g/mol. The molecule has 0 radical (unpaired) electrons. The number of hydrogen-bond acceptors (Lipinski definition) is 6. The van der Waals surface area contributed by atoms with Crippen molar-refractivity contribution in [1.82, 2.24) is 20.9 Å². The second-order valence-electron chi connectivity index (χ2n) is 9.14. The van der Waals surface area contributed by atoms with Gasteiger partial charge in [0.2, 0.25) is 5.91 Å². The van der Waals surface area contributed by atoms with Gasteiger partial charge < -0.3 is 25.2 Å². The fraction of sp³-hybridized carbons (Fsp3) is 0.565. The maximum Gasteiger partial charge on any atom is 0.407 e. The number of carbonyl (C=O) groups is 4. The molecule has 3 rings (SSSR count). The minimum absolute atomic E-state index is 0.0493. The van der Waals surface area contributed by atoms with E-state index in [1.807, 2.05) is 4.90 Å². The zero-order valence-corrected chi connectivity index (χ0v) is 20.0. The second-order valence-corrected chi connectivity index (χ2v) is 9.14. The van der Waals surface area contributed by atoms with Crippen LogP contribution in [-0.4, -0.2) is 73.2 Å². The van der Waals surface area contributed by atoms with Gasteiger partial charge in [-0.25, -0.2) is 18.4 Å². The minimum atomic E-state index is -1.34. The van der Waals surface area contributed by atoms with Gasteiger partial charge in [-0.3, -0.25) is 14.9 Å². The van der Waals surface area contributed by atoms with Gasteiger partial charge in [0.1, 0.15) is 5.54 Å². The highest BCUT2D eigenvalue weighted by Gasteiger charge is 2.47. The lowest BCUT2D eigenvalue weighted by Gasteiger charge is -2.38. The summed E-state index contributed by atoms with van der Waals surface area (Å²) in [6.07, 6.45) is -0.811. The summed E-state index contributed by atoms with van der Waals surface area (Å²) in [6.45, 7) is 6.78. The van der Waals surface area contributed by atoms with Crippen molar-refractivity contribution in [2.24, 2.45) is 5.92 Å². The van der Waals surface area contributed by atoms with Gasteiger partial charge in [-0.15, -0.1) is 0 Å². The quantitative estimate of drug-likeness (QED) is 0.473. The predicted octanol–water partition coefficient (Wildman–Crippen LogP) is 1.74. The van der Waals surface area contributed by atoms with Gasteiger partial charge in [0.25, 0.3) is 5.91 Å². The molecule has 2 aliphatic heterocycles. The molecule has 0 aromatic heterocycles. The maximum absolute atomic E-state index is 13.6. The highest BCUT2D eigenvalue weighted by Crippen LogP contribution is 2.27. The Morgan fingerprint density at radius 1 is 1.11 bits per heavy atom. The van der Waals surface area contributed by atoms with E-state index in [1.54, 1.807) is 25.7 Å². The molecule has 1 aromatic rings. The van der Waals surface area contributed by atoms with E-state index < -0.39 is 41.1 Å². The molecule has 1 aromatic carbocycles. The molecule has 2 saturated heterocycles. The van der Waals surface area contributed by atoms with Gasteiger partial charge in [-0.2, -0.15) is 0 Å². The molecule has 0 spiro atoms. The molecule has 2 aliphatic rings. The number of nitrogens with zero attached hydrogens (tertiary/aromatic N) is 2. The minimum Gasteiger partial charge on any atom is -0.447 e. The average Bonchev–Trinajstić information content (AvgIpc) is 3.07. The Morgan fingerprint density at radius 2 is 1.80 bits per heavy atom. The Balaban J connectivity index is 1.58. The van der Waals surface area contributed by atoms with Gasteiger partial charge in [0.15, 0.2) is 11.6 Å². The lowest BCUT2D eigenvalue weighted by atomic mass is 9.84. The molecule has 5 amide bonds. The van der Waals surface area contributed by atoms with Crippen LogP contribution < -0.4 is 20.9 Å². The smallest absolute Gasteiger partial charge is 0.407 e. The summed E-state index contributed by atoms with van der Waals surface area (Å²) < 4.78 is 31.8. The molecule has 0 aliphatic carbocycles. The molecular weight excluding hydrogens is 464 g/mol. The van der Waals surface area contributed by atoms with E-state index in [9.17, 15) is 28.0 Å². The van der Waals surface area contributed by atoms with Crippen molar-refractivity contribution in [3.63, 3.8) is 0 Å². The molecule has 0 bridgehead atoms.